The zero-order valence-corrected chi connectivity index (χ0v) is 20.8. The van der Waals surface area contributed by atoms with Crippen LogP contribution in [0, 0.1) is 29.1 Å². The molecular weight excluding hydrogens is 417 g/mol. The third-order valence-corrected chi connectivity index (χ3v) is 10.1. The molecule has 0 aromatic rings. The molecule has 0 aromatic heterocycles. The summed E-state index contributed by atoms with van der Waals surface area (Å²) in [4.78, 5) is 28.1. The molecule has 6 rings (SSSR count). The number of carbonyl (C=O) groups excluding carboxylic acids is 2. The lowest BCUT2D eigenvalue weighted by Crippen LogP contribution is -2.65. The number of amides is 2. The van der Waals surface area contributed by atoms with Crippen molar-refractivity contribution >= 4 is 18.9 Å². The van der Waals surface area contributed by atoms with Crippen LogP contribution in [-0.4, -0.2) is 60.6 Å². The minimum atomic E-state index is -0.531. The van der Waals surface area contributed by atoms with E-state index in [1.54, 1.807) is 0 Å². The van der Waals surface area contributed by atoms with E-state index < -0.39 is 6.04 Å². The highest BCUT2D eigenvalue weighted by molar-refractivity contribution is 6.48. The molecule has 2 heterocycles. The molecule has 3 N–H and O–H groups in total. The summed E-state index contributed by atoms with van der Waals surface area (Å²) in [6.45, 7) is 10.2. The van der Waals surface area contributed by atoms with Gasteiger partial charge in [-0.15, -0.1) is 0 Å². The van der Waals surface area contributed by atoms with Crippen LogP contribution in [0.3, 0.4) is 0 Å². The highest BCUT2D eigenvalue weighted by Gasteiger charge is 2.69. The predicted molar refractivity (Wildman–Crippen MR) is 127 cm³/mol. The molecule has 184 valence electrons. The summed E-state index contributed by atoms with van der Waals surface area (Å²) in [7, 11) is -0.365. The van der Waals surface area contributed by atoms with Crippen LogP contribution in [0.15, 0.2) is 0 Å². The van der Waals surface area contributed by atoms with E-state index in [0.717, 1.165) is 44.9 Å². The van der Waals surface area contributed by atoms with Crippen molar-refractivity contribution in [2.75, 3.05) is 13.1 Å². The zero-order valence-electron chi connectivity index (χ0n) is 20.8. The fourth-order valence-corrected chi connectivity index (χ4v) is 7.71. The second-order valence-electron chi connectivity index (χ2n) is 12.3. The van der Waals surface area contributed by atoms with Crippen LogP contribution in [0.2, 0.25) is 0 Å². The van der Waals surface area contributed by atoms with E-state index in [4.69, 9.17) is 15.0 Å². The molecule has 8 heteroatoms. The Labute approximate surface area is 199 Å². The Balaban J connectivity index is 1.19. The van der Waals surface area contributed by atoms with Gasteiger partial charge in [0.25, 0.3) is 0 Å². The lowest BCUT2D eigenvalue weighted by Gasteiger charge is -2.64. The van der Waals surface area contributed by atoms with Crippen molar-refractivity contribution in [1.82, 2.24) is 10.2 Å². The Morgan fingerprint density at radius 3 is 2.55 bits per heavy atom. The molecule has 4 aliphatic carbocycles. The van der Waals surface area contributed by atoms with Gasteiger partial charge in [0, 0.05) is 12.5 Å². The zero-order chi connectivity index (χ0) is 23.5. The molecule has 6 atom stereocenters. The molecular formula is C25H42BN3O4. The summed E-state index contributed by atoms with van der Waals surface area (Å²) in [6, 6.07) is -0.531. The van der Waals surface area contributed by atoms with Crippen LogP contribution >= 0.6 is 0 Å². The number of hydrogen-bond donors (Lipinski definition) is 2. The molecule has 2 amide bonds. The average Bonchev–Trinajstić information content (AvgIpc) is 3.42. The van der Waals surface area contributed by atoms with Gasteiger partial charge in [-0.05, 0) is 94.9 Å². The van der Waals surface area contributed by atoms with Gasteiger partial charge in [-0.2, -0.15) is 0 Å². The number of carbonyl (C=O) groups is 2. The third kappa shape index (κ3) is 3.84. The number of nitrogens with two attached hydrogens (primary N) is 1. The normalized spacial score (nSPS) is 42.5. The van der Waals surface area contributed by atoms with Crippen molar-refractivity contribution in [3.05, 3.63) is 0 Å². The quantitative estimate of drug-likeness (QED) is 0.617. The first-order chi connectivity index (χ1) is 15.6. The number of nitrogens with zero attached hydrogens (tertiary/aromatic N) is 1. The van der Waals surface area contributed by atoms with E-state index in [1.807, 2.05) is 11.8 Å². The lowest BCUT2D eigenvalue weighted by atomic mass is 9.43. The van der Waals surface area contributed by atoms with Gasteiger partial charge in [0.05, 0.1) is 17.6 Å². The molecule has 6 aliphatic rings. The van der Waals surface area contributed by atoms with Crippen molar-refractivity contribution in [3.8, 4) is 0 Å². The minimum Gasteiger partial charge on any atom is -0.404 e. The van der Waals surface area contributed by atoms with E-state index in [0.29, 0.717) is 36.3 Å². The minimum absolute atomic E-state index is 0.00293. The smallest absolute Gasteiger partial charge is 0.404 e. The molecule has 0 aromatic carbocycles. The fourth-order valence-electron chi connectivity index (χ4n) is 7.71. The third-order valence-electron chi connectivity index (χ3n) is 10.1. The van der Waals surface area contributed by atoms with Crippen LogP contribution in [0.4, 0.5) is 0 Å². The molecule has 2 saturated heterocycles. The van der Waals surface area contributed by atoms with E-state index in [9.17, 15) is 9.59 Å². The van der Waals surface area contributed by atoms with Crippen molar-refractivity contribution in [2.24, 2.45) is 34.8 Å². The molecule has 0 radical (unpaired) electrons. The van der Waals surface area contributed by atoms with Gasteiger partial charge in [-0.25, -0.2) is 0 Å². The van der Waals surface area contributed by atoms with Crippen LogP contribution in [0.25, 0.3) is 0 Å². The summed E-state index contributed by atoms with van der Waals surface area (Å²) in [5.41, 5.74) is 5.82. The van der Waals surface area contributed by atoms with Crippen molar-refractivity contribution < 1.29 is 18.9 Å². The van der Waals surface area contributed by atoms with Gasteiger partial charge in [0.2, 0.25) is 11.8 Å². The van der Waals surface area contributed by atoms with Crippen LogP contribution < -0.4 is 11.1 Å². The molecule has 33 heavy (non-hydrogen) atoms. The van der Waals surface area contributed by atoms with Crippen LogP contribution in [0.5, 0.6) is 0 Å². The van der Waals surface area contributed by atoms with Gasteiger partial charge < -0.3 is 25.3 Å². The number of rotatable bonds is 5. The predicted octanol–water partition coefficient (Wildman–Crippen LogP) is 2.51. The van der Waals surface area contributed by atoms with Crippen LogP contribution in [0.1, 0.15) is 79.1 Å². The monoisotopic (exact) mass is 459 g/mol. The summed E-state index contributed by atoms with van der Waals surface area (Å²) in [6.07, 6.45) is 7.96. The largest absolute Gasteiger partial charge is 0.481 e. The van der Waals surface area contributed by atoms with E-state index in [-0.39, 0.29) is 42.5 Å². The van der Waals surface area contributed by atoms with Gasteiger partial charge in [0.15, 0.2) is 0 Å². The molecule has 2 aliphatic heterocycles. The van der Waals surface area contributed by atoms with E-state index in [2.05, 4.69) is 26.1 Å². The Morgan fingerprint density at radius 2 is 1.88 bits per heavy atom. The first kappa shape index (κ1) is 23.6. The summed E-state index contributed by atoms with van der Waals surface area (Å²) >= 11 is 0. The van der Waals surface area contributed by atoms with E-state index >= 15 is 0 Å². The number of likely N-dealkylation sites (tertiary alicyclic amines) is 1. The molecule has 2 bridgehead atoms. The van der Waals surface area contributed by atoms with Gasteiger partial charge in [0.1, 0.15) is 6.04 Å². The molecule has 7 nitrogen and oxygen atoms in total. The van der Waals surface area contributed by atoms with Gasteiger partial charge in [-0.3, -0.25) is 9.59 Å². The topological polar surface area (TPSA) is 93.9 Å². The second-order valence-corrected chi connectivity index (χ2v) is 12.3. The molecule has 2 unspecified atom stereocenters. The maximum Gasteiger partial charge on any atom is 0.481 e. The average molecular weight is 459 g/mol. The first-order valence-corrected chi connectivity index (χ1v) is 13.3. The van der Waals surface area contributed by atoms with E-state index in [1.165, 1.54) is 6.42 Å². The summed E-state index contributed by atoms with van der Waals surface area (Å²) in [5.74, 6) is 1.67. The highest BCUT2D eigenvalue weighted by atomic mass is 16.7. The maximum absolute atomic E-state index is 13.4. The second kappa shape index (κ2) is 8.52. The van der Waals surface area contributed by atoms with Gasteiger partial charge >= 0.3 is 7.12 Å². The molecule has 6 fully saturated rings. The highest BCUT2D eigenvalue weighted by Crippen LogP contribution is 2.65. The Kier molecular flexibility index (Phi) is 6.10. The SMILES string of the molecule is C[C@@H](NC(=O)C1CCC(CN)CC1)C(=O)N1CCCC1B1OC2C[C@@H]3C[C@@H](C3(C)C)[C@]2(C)O1. The van der Waals surface area contributed by atoms with Crippen molar-refractivity contribution in [2.45, 2.75) is 103 Å². The maximum atomic E-state index is 13.4. The summed E-state index contributed by atoms with van der Waals surface area (Å²) in [5, 5.41) is 3.01. The summed E-state index contributed by atoms with van der Waals surface area (Å²) < 4.78 is 13.2. The molecule has 0 spiro atoms. The lowest BCUT2D eigenvalue weighted by molar-refractivity contribution is -0.199. The standard InChI is InChI=1S/C25H42BN3O4/c1-15(28-22(30)17-9-7-16(14-27)8-10-17)23(31)29-11-5-6-21(29)26-32-20-13-18-12-19(24(18,2)3)25(20,4)33-26/h15-21H,5-14,27H2,1-4H3,(H,28,30)/t15-,16?,17?,18+,19+,20?,21?,25+/m1/s1. The first-order valence-electron chi connectivity index (χ1n) is 13.3. The fraction of sp³-hybridized carbons (Fsp3) is 0.920. The van der Waals surface area contributed by atoms with Crippen LogP contribution in [-0.2, 0) is 18.9 Å². The van der Waals surface area contributed by atoms with Crippen molar-refractivity contribution in [1.29, 1.82) is 0 Å². The van der Waals surface area contributed by atoms with Crippen molar-refractivity contribution in [3.63, 3.8) is 0 Å². The Hall–Kier alpha value is -1.12. The molecule has 4 saturated carbocycles. The number of hydrogen-bond acceptors (Lipinski definition) is 5. The number of nitrogens with one attached hydrogen (secondary N) is 1. The van der Waals surface area contributed by atoms with Gasteiger partial charge in [-0.1, -0.05) is 13.8 Å². The Bertz CT molecular complexity index is 786. The Morgan fingerprint density at radius 1 is 1.15 bits per heavy atom.